The summed E-state index contributed by atoms with van der Waals surface area (Å²) in [5.41, 5.74) is 6.92. The van der Waals surface area contributed by atoms with Crippen molar-refractivity contribution in [2.45, 2.75) is 32.1 Å². The molecule has 4 heteroatoms. The van der Waals surface area contributed by atoms with Gasteiger partial charge in [0.1, 0.15) is 0 Å². The maximum Gasteiger partial charge on any atom is 0.336 e. The lowest BCUT2D eigenvalue weighted by Crippen LogP contribution is -2.10. The Balaban J connectivity index is 1.58. The molecule has 2 aliphatic carbocycles. The molecular formula is C27H22O4. The second-order valence-corrected chi connectivity index (χ2v) is 8.22. The molecule has 4 nitrogen and oxygen atoms in total. The van der Waals surface area contributed by atoms with Crippen molar-refractivity contribution in [3.8, 4) is 0 Å². The quantitative estimate of drug-likeness (QED) is 0.563. The fraction of sp³-hybridized carbons (Fsp3) is 0.185. The molecule has 3 aromatic carbocycles. The molecular weight excluding hydrogens is 388 g/mol. The fourth-order valence-electron chi connectivity index (χ4n) is 4.98. The van der Waals surface area contributed by atoms with Gasteiger partial charge in [0.25, 0.3) is 0 Å². The standard InChI is InChI=1S/C27H22O4/c28-26(29)23-6-3-7-24(27(30)31)25(23)15-16-8-11-20-18(14-16)10-13-21-19-5-2-1-4-17(19)9-12-22(20)21/h2-3,5-8,10-11,13-14H,1,4,9,12,15H2,(H,28,29)(H,30,31). The Kier molecular flexibility index (Phi) is 4.70. The van der Waals surface area contributed by atoms with Crippen molar-refractivity contribution in [1.29, 1.82) is 0 Å². The summed E-state index contributed by atoms with van der Waals surface area (Å²) in [6, 6.07) is 14.9. The zero-order valence-corrected chi connectivity index (χ0v) is 17.0. The first-order chi connectivity index (χ1) is 15.0. The summed E-state index contributed by atoms with van der Waals surface area (Å²) in [4.78, 5) is 23.3. The number of carboxylic acid groups (broad SMARTS) is 2. The van der Waals surface area contributed by atoms with E-state index in [0.29, 0.717) is 5.56 Å². The van der Waals surface area contributed by atoms with Crippen molar-refractivity contribution in [3.63, 3.8) is 0 Å². The van der Waals surface area contributed by atoms with Crippen LogP contribution in [0, 0.1) is 0 Å². The number of carbonyl (C=O) groups is 2. The van der Waals surface area contributed by atoms with Crippen molar-refractivity contribution >= 4 is 28.3 Å². The average molecular weight is 410 g/mol. The van der Waals surface area contributed by atoms with Gasteiger partial charge in [0.05, 0.1) is 11.1 Å². The monoisotopic (exact) mass is 410 g/mol. The van der Waals surface area contributed by atoms with Gasteiger partial charge in [0.2, 0.25) is 0 Å². The predicted molar refractivity (Wildman–Crippen MR) is 121 cm³/mol. The van der Waals surface area contributed by atoms with Crippen molar-refractivity contribution < 1.29 is 19.8 Å². The van der Waals surface area contributed by atoms with Gasteiger partial charge in [0.15, 0.2) is 0 Å². The number of aryl methyl sites for hydroxylation is 1. The third kappa shape index (κ3) is 3.34. The second-order valence-electron chi connectivity index (χ2n) is 8.22. The maximum atomic E-state index is 11.7. The zero-order chi connectivity index (χ0) is 21.5. The molecule has 0 heterocycles. The highest BCUT2D eigenvalue weighted by Crippen LogP contribution is 2.40. The summed E-state index contributed by atoms with van der Waals surface area (Å²) in [7, 11) is 0. The van der Waals surface area contributed by atoms with Crippen LogP contribution in [0.4, 0.5) is 0 Å². The molecule has 0 saturated carbocycles. The van der Waals surface area contributed by atoms with E-state index in [1.54, 1.807) is 5.57 Å². The minimum atomic E-state index is -1.11. The Labute approximate surface area is 180 Å². The minimum absolute atomic E-state index is 0.0361. The van der Waals surface area contributed by atoms with Crippen molar-refractivity contribution in [2.75, 3.05) is 0 Å². The molecule has 2 aliphatic rings. The van der Waals surface area contributed by atoms with E-state index in [9.17, 15) is 19.8 Å². The highest BCUT2D eigenvalue weighted by Gasteiger charge is 2.21. The first kappa shape index (κ1) is 19.3. The fourth-order valence-corrected chi connectivity index (χ4v) is 4.98. The Morgan fingerprint density at radius 2 is 1.65 bits per heavy atom. The Bertz CT molecular complexity index is 1280. The Morgan fingerprint density at radius 3 is 2.39 bits per heavy atom. The zero-order valence-electron chi connectivity index (χ0n) is 17.0. The molecule has 0 atom stereocenters. The summed E-state index contributed by atoms with van der Waals surface area (Å²) in [5.74, 6) is -2.23. The Morgan fingerprint density at radius 1 is 0.871 bits per heavy atom. The number of rotatable bonds is 4. The molecule has 0 amide bonds. The number of fused-ring (bicyclic) bond motifs is 4. The van der Waals surface area contributed by atoms with E-state index < -0.39 is 11.9 Å². The van der Waals surface area contributed by atoms with Crippen LogP contribution in [0.3, 0.4) is 0 Å². The summed E-state index contributed by atoms with van der Waals surface area (Å²) in [5, 5.41) is 21.4. The number of hydrogen-bond donors (Lipinski definition) is 2. The molecule has 0 aliphatic heterocycles. The van der Waals surface area contributed by atoms with E-state index in [1.807, 2.05) is 6.07 Å². The van der Waals surface area contributed by atoms with Crippen molar-refractivity contribution in [1.82, 2.24) is 0 Å². The molecule has 0 saturated heterocycles. The number of aromatic carboxylic acids is 2. The third-order valence-corrected chi connectivity index (χ3v) is 6.46. The van der Waals surface area contributed by atoms with E-state index in [0.717, 1.165) is 36.6 Å². The van der Waals surface area contributed by atoms with E-state index in [1.165, 1.54) is 40.3 Å². The van der Waals surface area contributed by atoms with Crippen LogP contribution in [-0.2, 0) is 12.8 Å². The molecule has 0 fully saturated rings. The lowest BCUT2D eigenvalue weighted by atomic mass is 9.79. The van der Waals surface area contributed by atoms with Crippen LogP contribution in [0.5, 0.6) is 0 Å². The molecule has 2 N–H and O–H groups in total. The Hall–Kier alpha value is -3.66. The smallest absolute Gasteiger partial charge is 0.336 e. The molecule has 3 aromatic rings. The summed E-state index contributed by atoms with van der Waals surface area (Å²) in [6.07, 6.45) is 9.17. The molecule has 0 unspecified atom stereocenters. The topological polar surface area (TPSA) is 74.6 Å². The van der Waals surface area contributed by atoms with Gasteiger partial charge in [-0.15, -0.1) is 0 Å². The van der Waals surface area contributed by atoms with Crippen LogP contribution in [-0.4, -0.2) is 22.2 Å². The van der Waals surface area contributed by atoms with E-state index in [-0.39, 0.29) is 17.5 Å². The number of hydrogen-bond acceptors (Lipinski definition) is 2. The first-order valence-electron chi connectivity index (χ1n) is 10.5. The first-order valence-corrected chi connectivity index (χ1v) is 10.5. The van der Waals surface area contributed by atoms with Gasteiger partial charge in [0, 0.05) is 0 Å². The van der Waals surface area contributed by atoms with Crippen molar-refractivity contribution in [2.24, 2.45) is 0 Å². The van der Waals surface area contributed by atoms with Gasteiger partial charge in [-0.25, -0.2) is 9.59 Å². The molecule has 154 valence electrons. The minimum Gasteiger partial charge on any atom is -0.478 e. The summed E-state index contributed by atoms with van der Waals surface area (Å²) < 4.78 is 0. The lowest BCUT2D eigenvalue weighted by molar-refractivity contribution is 0.0696. The molecule has 5 rings (SSSR count). The van der Waals surface area contributed by atoms with Crippen LogP contribution in [0.1, 0.15) is 62.2 Å². The van der Waals surface area contributed by atoms with Gasteiger partial charge in [-0.2, -0.15) is 0 Å². The van der Waals surface area contributed by atoms with Crippen LogP contribution in [0.15, 0.2) is 66.3 Å². The maximum absolute atomic E-state index is 11.7. The number of benzene rings is 3. The van der Waals surface area contributed by atoms with Crippen LogP contribution >= 0.6 is 0 Å². The number of allylic oxidation sites excluding steroid dienone is 4. The predicted octanol–water partition coefficient (Wildman–Crippen LogP) is 5.88. The molecule has 31 heavy (non-hydrogen) atoms. The van der Waals surface area contributed by atoms with E-state index in [2.05, 4.69) is 36.4 Å². The normalized spacial score (nSPS) is 15.0. The summed E-state index contributed by atoms with van der Waals surface area (Å²) in [6.45, 7) is 0. The van der Waals surface area contributed by atoms with Gasteiger partial charge in [-0.3, -0.25) is 0 Å². The number of carboxylic acids is 2. The molecule has 0 radical (unpaired) electrons. The third-order valence-electron chi connectivity index (χ3n) is 6.46. The van der Waals surface area contributed by atoms with Gasteiger partial charge in [-0.1, -0.05) is 54.1 Å². The van der Waals surface area contributed by atoms with Gasteiger partial charge in [-0.05, 0) is 82.8 Å². The highest BCUT2D eigenvalue weighted by atomic mass is 16.4. The highest BCUT2D eigenvalue weighted by molar-refractivity contribution is 5.97. The largest absolute Gasteiger partial charge is 0.478 e. The van der Waals surface area contributed by atoms with Crippen LogP contribution in [0.2, 0.25) is 0 Å². The van der Waals surface area contributed by atoms with Gasteiger partial charge >= 0.3 is 11.9 Å². The molecule has 0 spiro atoms. The molecule has 0 bridgehead atoms. The lowest BCUT2D eigenvalue weighted by Gasteiger charge is -2.25. The van der Waals surface area contributed by atoms with Crippen molar-refractivity contribution in [3.05, 3.63) is 99.6 Å². The second kappa shape index (κ2) is 7.55. The SMILES string of the molecule is O=C(O)c1cccc(C(=O)O)c1Cc1ccc2c3c(ccc2c1)C1=C(CCC=C1)CC3. The van der Waals surface area contributed by atoms with E-state index >= 15 is 0 Å². The molecule has 0 aromatic heterocycles. The van der Waals surface area contributed by atoms with Crippen LogP contribution in [0.25, 0.3) is 16.3 Å². The van der Waals surface area contributed by atoms with E-state index in [4.69, 9.17) is 0 Å². The van der Waals surface area contributed by atoms with Crippen LogP contribution < -0.4 is 0 Å². The average Bonchev–Trinajstić information content (AvgIpc) is 2.78. The van der Waals surface area contributed by atoms with Gasteiger partial charge < -0.3 is 10.2 Å². The summed E-state index contributed by atoms with van der Waals surface area (Å²) >= 11 is 0.